The van der Waals surface area contributed by atoms with Crippen molar-refractivity contribution in [3.63, 3.8) is 0 Å². The van der Waals surface area contributed by atoms with Crippen LogP contribution in [0.5, 0.6) is 0 Å². The molecule has 118 valence electrons. The number of β-amino-alcohol motifs (C(OH)–C–C–N with tert-alkyl or cyclic N) is 1. The Hall–Kier alpha value is -1.01. The number of nitrogens with zero attached hydrogens (tertiary/aromatic N) is 2. The second-order valence-corrected chi connectivity index (χ2v) is 5.81. The molecule has 1 aliphatic rings. The molecule has 0 spiro atoms. The van der Waals surface area contributed by atoms with Crippen LogP contribution in [0.2, 0.25) is 0 Å². The van der Waals surface area contributed by atoms with Gasteiger partial charge in [-0.25, -0.2) is 4.39 Å². The van der Waals surface area contributed by atoms with Crippen LogP contribution in [0.3, 0.4) is 0 Å². The highest BCUT2D eigenvalue weighted by Crippen LogP contribution is 2.25. The molecule has 1 heterocycles. The van der Waals surface area contributed by atoms with Crippen molar-refractivity contribution in [2.45, 2.75) is 13.0 Å². The molecule has 2 rings (SSSR count). The number of rotatable bonds is 6. The van der Waals surface area contributed by atoms with Gasteiger partial charge in [0.2, 0.25) is 0 Å². The molecular weight excluding hydrogens is 271 g/mol. The van der Waals surface area contributed by atoms with Crippen molar-refractivity contribution in [2.24, 2.45) is 5.92 Å². The molecule has 4 nitrogen and oxygen atoms in total. The maximum Gasteiger partial charge on any atom is 0.129 e. The van der Waals surface area contributed by atoms with E-state index in [1.54, 1.807) is 18.2 Å². The van der Waals surface area contributed by atoms with Gasteiger partial charge in [0, 0.05) is 44.8 Å². The molecule has 1 aromatic carbocycles. The smallest absolute Gasteiger partial charge is 0.129 e. The lowest BCUT2D eigenvalue weighted by atomic mass is 9.96. The minimum absolute atomic E-state index is 0.0220. The van der Waals surface area contributed by atoms with E-state index in [-0.39, 0.29) is 18.3 Å². The van der Waals surface area contributed by atoms with Gasteiger partial charge in [0.25, 0.3) is 0 Å². The van der Waals surface area contributed by atoms with Gasteiger partial charge in [0.05, 0.1) is 12.7 Å². The molecule has 0 bridgehead atoms. The molecule has 2 unspecified atom stereocenters. The van der Waals surface area contributed by atoms with Gasteiger partial charge in [-0.15, -0.1) is 0 Å². The van der Waals surface area contributed by atoms with Crippen molar-refractivity contribution in [3.05, 3.63) is 35.6 Å². The van der Waals surface area contributed by atoms with E-state index in [0.29, 0.717) is 5.56 Å². The standard InChI is InChI=1S/C16H25FN2O2/c1-13(16(21)14-4-2-3-5-15(14)17)12-19-8-6-18(7-9-19)10-11-20/h2-5,13,16,20-21H,6-12H2,1H3. The number of benzene rings is 1. The molecule has 1 saturated heterocycles. The summed E-state index contributed by atoms with van der Waals surface area (Å²) in [6.07, 6.45) is -0.776. The third-order valence-electron chi connectivity index (χ3n) is 4.19. The fourth-order valence-electron chi connectivity index (χ4n) is 2.87. The summed E-state index contributed by atoms with van der Waals surface area (Å²) in [5.41, 5.74) is 0.379. The fourth-order valence-corrected chi connectivity index (χ4v) is 2.87. The third kappa shape index (κ3) is 4.48. The van der Waals surface area contributed by atoms with Crippen LogP contribution in [0.15, 0.2) is 24.3 Å². The van der Waals surface area contributed by atoms with Gasteiger partial charge in [-0.1, -0.05) is 25.1 Å². The molecule has 0 radical (unpaired) electrons. The summed E-state index contributed by atoms with van der Waals surface area (Å²) in [6, 6.07) is 6.42. The van der Waals surface area contributed by atoms with Gasteiger partial charge >= 0.3 is 0 Å². The molecule has 2 atom stereocenters. The first kappa shape index (κ1) is 16.4. The highest BCUT2D eigenvalue weighted by Gasteiger charge is 2.24. The Bertz CT molecular complexity index is 436. The van der Waals surface area contributed by atoms with Gasteiger partial charge in [0.1, 0.15) is 5.82 Å². The van der Waals surface area contributed by atoms with Gasteiger partial charge < -0.3 is 15.1 Å². The lowest BCUT2D eigenvalue weighted by Crippen LogP contribution is -2.48. The molecule has 2 N–H and O–H groups in total. The summed E-state index contributed by atoms with van der Waals surface area (Å²) in [6.45, 7) is 7.35. The molecule has 0 saturated carbocycles. The van der Waals surface area contributed by atoms with Crippen molar-refractivity contribution in [1.29, 1.82) is 0 Å². The van der Waals surface area contributed by atoms with E-state index in [0.717, 1.165) is 39.3 Å². The van der Waals surface area contributed by atoms with Gasteiger partial charge in [0.15, 0.2) is 0 Å². The summed E-state index contributed by atoms with van der Waals surface area (Å²) in [5, 5.41) is 19.3. The van der Waals surface area contributed by atoms with Crippen molar-refractivity contribution in [2.75, 3.05) is 45.9 Å². The Morgan fingerprint density at radius 3 is 2.38 bits per heavy atom. The highest BCUT2D eigenvalue weighted by atomic mass is 19.1. The van der Waals surface area contributed by atoms with E-state index in [2.05, 4.69) is 9.80 Å². The monoisotopic (exact) mass is 296 g/mol. The molecule has 5 heteroatoms. The minimum atomic E-state index is -0.776. The number of halogens is 1. The second kappa shape index (κ2) is 7.84. The Kier molecular flexibility index (Phi) is 6.11. The van der Waals surface area contributed by atoms with Crippen molar-refractivity contribution < 1.29 is 14.6 Å². The molecule has 0 amide bonds. The van der Waals surface area contributed by atoms with Gasteiger partial charge in [-0.2, -0.15) is 0 Å². The molecule has 0 aromatic heterocycles. The summed E-state index contributed by atoms with van der Waals surface area (Å²) in [4.78, 5) is 4.52. The van der Waals surface area contributed by atoms with Crippen molar-refractivity contribution in [3.8, 4) is 0 Å². The zero-order valence-corrected chi connectivity index (χ0v) is 12.6. The minimum Gasteiger partial charge on any atom is -0.395 e. The predicted molar refractivity (Wildman–Crippen MR) is 80.5 cm³/mol. The summed E-state index contributed by atoms with van der Waals surface area (Å²) in [7, 11) is 0. The zero-order chi connectivity index (χ0) is 15.2. The predicted octanol–water partition coefficient (Wildman–Crippen LogP) is 1.11. The second-order valence-electron chi connectivity index (χ2n) is 5.81. The van der Waals surface area contributed by atoms with Crippen LogP contribution < -0.4 is 0 Å². The number of hydrogen-bond acceptors (Lipinski definition) is 4. The number of hydrogen-bond donors (Lipinski definition) is 2. The normalized spacial score (nSPS) is 20.4. The van der Waals surface area contributed by atoms with E-state index in [1.807, 2.05) is 6.92 Å². The van der Waals surface area contributed by atoms with Crippen molar-refractivity contribution >= 4 is 0 Å². The first-order valence-electron chi connectivity index (χ1n) is 7.60. The fraction of sp³-hybridized carbons (Fsp3) is 0.625. The topological polar surface area (TPSA) is 46.9 Å². The third-order valence-corrected chi connectivity index (χ3v) is 4.19. The van der Waals surface area contributed by atoms with Crippen LogP contribution in [0.25, 0.3) is 0 Å². The van der Waals surface area contributed by atoms with Crippen LogP contribution >= 0.6 is 0 Å². The first-order chi connectivity index (χ1) is 10.1. The lowest BCUT2D eigenvalue weighted by Gasteiger charge is -2.36. The summed E-state index contributed by atoms with van der Waals surface area (Å²) in [5.74, 6) is -0.365. The van der Waals surface area contributed by atoms with Crippen LogP contribution in [-0.4, -0.2) is 65.9 Å². The van der Waals surface area contributed by atoms with E-state index in [1.165, 1.54) is 6.07 Å². The van der Waals surface area contributed by atoms with E-state index < -0.39 is 6.10 Å². The maximum absolute atomic E-state index is 13.7. The number of aliphatic hydroxyl groups is 2. The average Bonchev–Trinajstić information content (AvgIpc) is 2.49. The van der Waals surface area contributed by atoms with E-state index in [4.69, 9.17) is 5.11 Å². The van der Waals surface area contributed by atoms with E-state index >= 15 is 0 Å². The van der Waals surface area contributed by atoms with Crippen molar-refractivity contribution in [1.82, 2.24) is 9.80 Å². The lowest BCUT2D eigenvalue weighted by molar-refractivity contribution is 0.0587. The first-order valence-corrected chi connectivity index (χ1v) is 7.60. The van der Waals surface area contributed by atoms with Crippen LogP contribution in [0.1, 0.15) is 18.6 Å². The summed E-state index contributed by atoms with van der Waals surface area (Å²) < 4.78 is 13.7. The Morgan fingerprint density at radius 1 is 1.14 bits per heavy atom. The number of piperazine rings is 1. The van der Waals surface area contributed by atoms with E-state index in [9.17, 15) is 9.50 Å². The van der Waals surface area contributed by atoms with Crippen LogP contribution in [0, 0.1) is 11.7 Å². The molecule has 0 aliphatic carbocycles. The van der Waals surface area contributed by atoms with Gasteiger partial charge in [-0.3, -0.25) is 4.90 Å². The largest absolute Gasteiger partial charge is 0.395 e. The molecule has 1 aliphatic heterocycles. The molecule has 1 fully saturated rings. The molecule has 1 aromatic rings. The quantitative estimate of drug-likeness (QED) is 0.825. The molecular formula is C16H25FN2O2. The average molecular weight is 296 g/mol. The van der Waals surface area contributed by atoms with Gasteiger partial charge in [-0.05, 0) is 12.0 Å². The summed E-state index contributed by atoms with van der Waals surface area (Å²) >= 11 is 0. The SMILES string of the molecule is CC(CN1CCN(CCO)CC1)C(O)c1ccccc1F. The highest BCUT2D eigenvalue weighted by molar-refractivity contribution is 5.20. The Balaban J connectivity index is 1.85. The van der Waals surface area contributed by atoms with Crippen LogP contribution in [0.4, 0.5) is 4.39 Å². The zero-order valence-electron chi connectivity index (χ0n) is 12.6. The Labute approximate surface area is 125 Å². The van der Waals surface area contributed by atoms with Crippen LogP contribution in [-0.2, 0) is 0 Å². The number of aliphatic hydroxyl groups excluding tert-OH is 2. The molecule has 21 heavy (non-hydrogen) atoms. The Morgan fingerprint density at radius 2 is 1.76 bits per heavy atom. The maximum atomic E-state index is 13.7.